The van der Waals surface area contributed by atoms with Gasteiger partial charge in [-0.25, -0.2) is 0 Å². The average molecular weight is 266 g/mol. The van der Waals surface area contributed by atoms with E-state index in [0.29, 0.717) is 6.04 Å². The molecule has 2 rings (SSSR count). The van der Waals surface area contributed by atoms with Gasteiger partial charge in [0, 0.05) is 22.9 Å². The molecule has 0 radical (unpaired) electrons. The van der Waals surface area contributed by atoms with Gasteiger partial charge in [0.05, 0.1) is 6.04 Å². The van der Waals surface area contributed by atoms with Crippen molar-refractivity contribution in [3.05, 3.63) is 22.4 Å². The van der Waals surface area contributed by atoms with Gasteiger partial charge in [0.2, 0.25) is 5.91 Å². The molecule has 1 fully saturated rings. The standard InChI is InChI=1S/C14H22N2OS/c1-10(13(17)16-11-6-7-11)15-9-14(2,3)12-5-4-8-18-12/h4-5,8,10-11,15H,6-7,9H2,1-3H3,(H,16,17). The number of hydrogen-bond donors (Lipinski definition) is 2. The Morgan fingerprint density at radius 2 is 2.28 bits per heavy atom. The number of rotatable bonds is 6. The molecule has 1 amide bonds. The summed E-state index contributed by atoms with van der Waals surface area (Å²) in [5.41, 5.74) is 0.0717. The first-order valence-corrected chi connectivity index (χ1v) is 7.45. The van der Waals surface area contributed by atoms with E-state index >= 15 is 0 Å². The second-order valence-electron chi connectivity index (χ2n) is 5.75. The molecule has 1 unspecified atom stereocenters. The van der Waals surface area contributed by atoms with Crippen LogP contribution < -0.4 is 10.6 Å². The number of nitrogens with one attached hydrogen (secondary N) is 2. The molecule has 18 heavy (non-hydrogen) atoms. The molecule has 2 N–H and O–H groups in total. The summed E-state index contributed by atoms with van der Waals surface area (Å²) in [5, 5.41) is 8.46. The van der Waals surface area contributed by atoms with Gasteiger partial charge in [-0.05, 0) is 31.2 Å². The summed E-state index contributed by atoms with van der Waals surface area (Å²) in [6.07, 6.45) is 2.28. The third kappa shape index (κ3) is 3.56. The molecule has 0 aromatic carbocycles. The molecular formula is C14H22N2OS. The van der Waals surface area contributed by atoms with Crippen molar-refractivity contribution >= 4 is 17.2 Å². The maximum absolute atomic E-state index is 11.8. The van der Waals surface area contributed by atoms with Crippen LogP contribution in [0, 0.1) is 0 Å². The van der Waals surface area contributed by atoms with Crippen LogP contribution in [0.15, 0.2) is 17.5 Å². The molecule has 4 heteroatoms. The molecule has 0 saturated heterocycles. The van der Waals surface area contributed by atoms with E-state index in [4.69, 9.17) is 0 Å². The topological polar surface area (TPSA) is 41.1 Å². The Hall–Kier alpha value is -0.870. The molecule has 100 valence electrons. The predicted octanol–water partition coefficient (Wildman–Crippen LogP) is 2.28. The highest BCUT2D eigenvalue weighted by Crippen LogP contribution is 2.26. The van der Waals surface area contributed by atoms with Gasteiger partial charge in [-0.3, -0.25) is 4.79 Å². The fourth-order valence-electron chi connectivity index (χ4n) is 1.81. The zero-order valence-electron chi connectivity index (χ0n) is 11.3. The third-order valence-corrected chi connectivity index (χ3v) is 4.59. The Labute approximate surface area is 113 Å². The van der Waals surface area contributed by atoms with Gasteiger partial charge in [0.25, 0.3) is 0 Å². The lowest BCUT2D eigenvalue weighted by molar-refractivity contribution is -0.122. The molecule has 1 aromatic heterocycles. The average Bonchev–Trinajstić information content (AvgIpc) is 2.96. The van der Waals surface area contributed by atoms with Crippen LogP contribution in [0.5, 0.6) is 0 Å². The largest absolute Gasteiger partial charge is 0.352 e. The van der Waals surface area contributed by atoms with E-state index in [9.17, 15) is 4.79 Å². The lowest BCUT2D eigenvalue weighted by Gasteiger charge is -2.26. The first kappa shape index (κ1) is 13.6. The molecule has 0 aliphatic heterocycles. The number of carbonyl (C=O) groups is 1. The van der Waals surface area contributed by atoms with Crippen molar-refractivity contribution in [1.29, 1.82) is 0 Å². The fourth-order valence-corrected chi connectivity index (χ4v) is 2.66. The summed E-state index contributed by atoms with van der Waals surface area (Å²) < 4.78 is 0. The first-order valence-electron chi connectivity index (χ1n) is 6.57. The maximum atomic E-state index is 11.8. The van der Waals surface area contributed by atoms with Gasteiger partial charge >= 0.3 is 0 Å². The minimum atomic E-state index is -0.121. The normalized spacial score (nSPS) is 17.5. The second-order valence-corrected chi connectivity index (χ2v) is 6.69. The van der Waals surface area contributed by atoms with Gasteiger partial charge in [-0.1, -0.05) is 19.9 Å². The van der Waals surface area contributed by atoms with E-state index in [1.54, 1.807) is 11.3 Å². The van der Waals surface area contributed by atoms with Crippen LogP contribution in [0.3, 0.4) is 0 Å². The summed E-state index contributed by atoms with van der Waals surface area (Å²) in [6, 6.07) is 4.55. The monoisotopic (exact) mass is 266 g/mol. The van der Waals surface area contributed by atoms with E-state index in [-0.39, 0.29) is 17.4 Å². The minimum absolute atomic E-state index is 0.0717. The highest BCUT2D eigenvalue weighted by molar-refractivity contribution is 7.10. The molecule has 0 spiro atoms. The highest BCUT2D eigenvalue weighted by Gasteiger charge is 2.27. The fraction of sp³-hybridized carbons (Fsp3) is 0.643. The van der Waals surface area contributed by atoms with Crippen LogP contribution in [0.1, 0.15) is 38.5 Å². The molecule has 1 aliphatic rings. The Morgan fingerprint density at radius 3 is 2.83 bits per heavy atom. The van der Waals surface area contributed by atoms with Crippen molar-refractivity contribution in [2.45, 2.75) is 51.1 Å². The van der Waals surface area contributed by atoms with Crippen molar-refractivity contribution in [2.24, 2.45) is 0 Å². The van der Waals surface area contributed by atoms with Gasteiger partial charge in [-0.15, -0.1) is 11.3 Å². The molecule has 3 nitrogen and oxygen atoms in total. The zero-order valence-corrected chi connectivity index (χ0v) is 12.1. The number of thiophene rings is 1. The lowest BCUT2D eigenvalue weighted by atomic mass is 9.91. The van der Waals surface area contributed by atoms with Crippen molar-refractivity contribution in [1.82, 2.24) is 10.6 Å². The second kappa shape index (κ2) is 5.41. The minimum Gasteiger partial charge on any atom is -0.352 e. The Bertz CT molecular complexity index is 396. The smallest absolute Gasteiger partial charge is 0.237 e. The van der Waals surface area contributed by atoms with Gasteiger partial charge in [0.15, 0.2) is 0 Å². The maximum Gasteiger partial charge on any atom is 0.237 e. The van der Waals surface area contributed by atoms with Crippen LogP contribution in [0.4, 0.5) is 0 Å². The third-order valence-electron chi connectivity index (χ3n) is 3.36. The number of carbonyl (C=O) groups excluding carboxylic acids is 1. The molecule has 1 atom stereocenters. The van der Waals surface area contributed by atoms with Crippen LogP contribution >= 0.6 is 11.3 Å². The summed E-state index contributed by atoms with van der Waals surface area (Å²) >= 11 is 1.77. The molecule has 1 aliphatic carbocycles. The SMILES string of the molecule is CC(NCC(C)(C)c1cccs1)C(=O)NC1CC1. The summed E-state index contributed by atoms with van der Waals surface area (Å²) in [7, 11) is 0. The van der Waals surface area contributed by atoms with E-state index in [1.807, 2.05) is 6.92 Å². The first-order chi connectivity index (χ1) is 8.49. The quantitative estimate of drug-likeness (QED) is 0.829. The predicted molar refractivity (Wildman–Crippen MR) is 76.0 cm³/mol. The molecular weight excluding hydrogens is 244 g/mol. The lowest BCUT2D eigenvalue weighted by Crippen LogP contribution is -2.46. The molecule has 1 saturated carbocycles. The van der Waals surface area contributed by atoms with Gasteiger partial charge < -0.3 is 10.6 Å². The molecule has 1 heterocycles. The Kier molecular flexibility index (Phi) is 4.07. The van der Waals surface area contributed by atoms with Crippen LogP contribution in [0.25, 0.3) is 0 Å². The van der Waals surface area contributed by atoms with E-state index in [0.717, 1.165) is 19.4 Å². The van der Waals surface area contributed by atoms with E-state index < -0.39 is 0 Å². The van der Waals surface area contributed by atoms with Crippen molar-refractivity contribution in [2.75, 3.05) is 6.54 Å². The van der Waals surface area contributed by atoms with E-state index in [2.05, 4.69) is 42.0 Å². The van der Waals surface area contributed by atoms with Gasteiger partial charge in [0.1, 0.15) is 0 Å². The van der Waals surface area contributed by atoms with E-state index in [1.165, 1.54) is 4.88 Å². The number of hydrogen-bond acceptors (Lipinski definition) is 3. The molecule has 0 bridgehead atoms. The Morgan fingerprint density at radius 1 is 1.56 bits per heavy atom. The Balaban J connectivity index is 1.80. The van der Waals surface area contributed by atoms with Crippen molar-refractivity contribution < 1.29 is 4.79 Å². The summed E-state index contributed by atoms with van der Waals surface area (Å²) in [6.45, 7) is 7.16. The summed E-state index contributed by atoms with van der Waals surface area (Å²) in [4.78, 5) is 13.2. The number of amides is 1. The van der Waals surface area contributed by atoms with Crippen molar-refractivity contribution in [3.8, 4) is 0 Å². The van der Waals surface area contributed by atoms with Crippen LogP contribution in [0.2, 0.25) is 0 Å². The van der Waals surface area contributed by atoms with Crippen LogP contribution in [-0.4, -0.2) is 24.5 Å². The molecule has 1 aromatic rings. The van der Waals surface area contributed by atoms with Crippen LogP contribution in [-0.2, 0) is 10.2 Å². The van der Waals surface area contributed by atoms with Gasteiger partial charge in [-0.2, -0.15) is 0 Å². The van der Waals surface area contributed by atoms with Crippen molar-refractivity contribution in [3.63, 3.8) is 0 Å². The summed E-state index contributed by atoms with van der Waals surface area (Å²) in [5.74, 6) is 0.125. The zero-order chi connectivity index (χ0) is 13.2. The highest BCUT2D eigenvalue weighted by atomic mass is 32.1.